The monoisotopic (exact) mass is 401 g/mol. The van der Waals surface area contributed by atoms with Crippen molar-refractivity contribution in [2.24, 2.45) is 5.73 Å². The molecule has 29 heavy (non-hydrogen) atoms. The Kier molecular flexibility index (Phi) is 6.66. The molecular formula is C21H24FN3O4. The van der Waals surface area contributed by atoms with E-state index in [1.165, 1.54) is 13.2 Å². The number of ether oxygens (including phenoxy) is 2. The van der Waals surface area contributed by atoms with Crippen LogP contribution in [0.1, 0.15) is 15.9 Å². The van der Waals surface area contributed by atoms with Gasteiger partial charge in [-0.15, -0.1) is 0 Å². The molecule has 2 aromatic rings. The highest BCUT2D eigenvalue weighted by Gasteiger charge is 2.22. The third kappa shape index (κ3) is 5.23. The second-order valence-electron chi connectivity index (χ2n) is 6.77. The number of hydrogen-bond donors (Lipinski definition) is 1. The molecule has 2 amide bonds. The average molecular weight is 401 g/mol. The van der Waals surface area contributed by atoms with Gasteiger partial charge in [-0.3, -0.25) is 14.5 Å². The Morgan fingerprint density at radius 3 is 2.45 bits per heavy atom. The molecule has 0 spiro atoms. The molecule has 2 N–H and O–H groups in total. The van der Waals surface area contributed by atoms with Crippen LogP contribution in [0.2, 0.25) is 0 Å². The summed E-state index contributed by atoms with van der Waals surface area (Å²) < 4.78 is 24.3. The van der Waals surface area contributed by atoms with E-state index in [4.69, 9.17) is 15.2 Å². The second kappa shape index (κ2) is 9.38. The first-order valence-corrected chi connectivity index (χ1v) is 9.32. The maximum atomic E-state index is 13.8. The van der Waals surface area contributed by atoms with Gasteiger partial charge in [0.05, 0.1) is 12.7 Å². The predicted octanol–water partition coefficient (Wildman–Crippen LogP) is 1.66. The predicted molar refractivity (Wildman–Crippen MR) is 105 cm³/mol. The largest absolute Gasteiger partial charge is 0.494 e. The standard InChI is InChI=1S/C21H24FN3O4/c1-28-19-7-6-15(12-17(19)22)13-24-8-10-25(11-9-24)20(26)14-29-18-5-3-2-4-16(18)21(23)27/h2-7,12H,8-11,13-14H2,1H3,(H2,23,27). The lowest BCUT2D eigenvalue weighted by atomic mass is 10.2. The lowest BCUT2D eigenvalue weighted by Crippen LogP contribution is -2.49. The zero-order valence-electron chi connectivity index (χ0n) is 16.3. The number of nitrogens with zero attached hydrogens (tertiary/aromatic N) is 2. The summed E-state index contributed by atoms with van der Waals surface area (Å²) in [5.74, 6) is -0.612. The Balaban J connectivity index is 1.48. The van der Waals surface area contributed by atoms with Crippen molar-refractivity contribution in [2.45, 2.75) is 6.54 Å². The van der Waals surface area contributed by atoms with E-state index in [2.05, 4.69) is 4.90 Å². The maximum absolute atomic E-state index is 13.8. The molecule has 8 heteroatoms. The summed E-state index contributed by atoms with van der Waals surface area (Å²) in [5.41, 5.74) is 6.42. The molecule has 0 radical (unpaired) electrons. The third-order valence-electron chi connectivity index (χ3n) is 4.85. The first kappa shape index (κ1) is 20.6. The number of halogens is 1. The molecule has 7 nitrogen and oxygen atoms in total. The van der Waals surface area contributed by atoms with E-state index in [1.807, 2.05) is 6.07 Å². The minimum absolute atomic E-state index is 0.153. The number of methoxy groups -OCH3 is 1. The number of para-hydroxylation sites is 1. The molecular weight excluding hydrogens is 377 g/mol. The summed E-state index contributed by atoms with van der Waals surface area (Å²) >= 11 is 0. The lowest BCUT2D eigenvalue weighted by molar-refractivity contribution is -0.135. The van der Waals surface area contributed by atoms with Crippen molar-refractivity contribution in [1.29, 1.82) is 0 Å². The summed E-state index contributed by atoms with van der Waals surface area (Å²) in [6.45, 7) is 2.91. The number of benzene rings is 2. The van der Waals surface area contributed by atoms with Crippen molar-refractivity contribution in [3.63, 3.8) is 0 Å². The fourth-order valence-electron chi connectivity index (χ4n) is 3.25. The van der Waals surface area contributed by atoms with Gasteiger partial charge < -0.3 is 20.1 Å². The van der Waals surface area contributed by atoms with Crippen LogP contribution in [0, 0.1) is 5.82 Å². The van der Waals surface area contributed by atoms with Gasteiger partial charge in [-0.05, 0) is 29.8 Å². The van der Waals surface area contributed by atoms with Crippen LogP contribution >= 0.6 is 0 Å². The number of nitrogens with two attached hydrogens (primary N) is 1. The second-order valence-corrected chi connectivity index (χ2v) is 6.77. The Morgan fingerprint density at radius 2 is 1.79 bits per heavy atom. The van der Waals surface area contributed by atoms with Gasteiger partial charge in [0.25, 0.3) is 11.8 Å². The average Bonchev–Trinajstić information content (AvgIpc) is 2.73. The van der Waals surface area contributed by atoms with Gasteiger partial charge in [0.1, 0.15) is 5.75 Å². The molecule has 0 unspecified atom stereocenters. The summed E-state index contributed by atoms with van der Waals surface area (Å²) in [6.07, 6.45) is 0. The fraction of sp³-hybridized carbons (Fsp3) is 0.333. The van der Waals surface area contributed by atoms with Crippen LogP contribution in [-0.4, -0.2) is 61.5 Å². The summed E-state index contributed by atoms with van der Waals surface area (Å²) in [5, 5.41) is 0. The summed E-state index contributed by atoms with van der Waals surface area (Å²) in [7, 11) is 1.44. The molecule has 1 heterocycles. The van der Waals surface area contributed by atoms with Crippen molar-refractivity contribution < 1.29 is 23.5 Å². The number of hydrogen-bond acceptors (Lipinski definition) is 5. The van der Waals surface area contributed by atoms with E-state index >= 15 is 0 Å². The Hall–Kier alpha value is -3.13. The Morgan fingerprint density at radius 1 is 1.07 bits per heavy atom. The number of rotatable bonds is 7. The van der Waals surface area contributed by atoms with E-state index in [0.717, 1.165) is 5.56 Å². The first-order chi connectivity index (χ1) is 14.0. The first-order valence-electron chi connectivity index (χ1n) is 9.32. The summed E-state index contributed by atoms with van der Waals surface area (Å²) in [6, 6.07) is 11.5. The number of amides is 2. The molecule has 1 aliphatic rings. The van der Waals surface area contributed by atoms with Crippen LogP contribution in [0.15, 0.2) is 42.5 Å². The normalized spacial score (nSPS) is 14.5. The van der Waals surface area contributed by atoms with E-state index in [1.54, 1.807) is 35.2 Å². The van der Waals surface area contributed by atoms with Crippen LogP contribution in [0.4, 0.5) is 4.39 Å². The third-order valence-corrected chi connectivity index (χ3v) is 4.85. The van der Waals surface area contributed by atoms with Crippen LogP contribution < -0.4 is 15.2 Å². The van der Waals surface area contributed by atoms with Crippen molar-refractivity contribution >= 4 is 11.8 Å². The van der Waals surface area contributed by atoms with E-state index in [0.29, 0.717) is 38.5 Å². The van der Waals surface area contributed by atoms with Crippen LogP contribution in [0.3, 0.4) is 0 Å². The number of carbonyl (C=O) groups is 2. The molecule has 0 atom stereocenters. The smallest absolute Gasteiger partial charge is 0.260 e. The zero-order valence-corrected chi connectivity index (χ0v) is 16.3. The highest BCUT2D eigenvalue weighted by molar-refractivity contribution is 5.95. The van der Waals surface area contributed by atoms with Crippen molar-refractivity contribution in [3.8, 4) is 11.5 Å². The van der Waals surface area contributed by atoms with Crippen LogP contribution in [-0.2, 0) is 11.3 Å². The molecule has 154 valence electrons. The van der Waals surface area contributed by atoms with Gasteiger partial charge in [-0.2, -0.15) is 0 Å². The minimum atomic E-state index is -0.600. The van der Waals surface area contributed by atoms with Crippen LogP contribution in [0.25, 0.3) is 0 Å². The lowest BCUT2D eigenvalue weighted by Gasteiger charge is -2.34. The number of carbonyl (C=O) groups excluding carboxylic acids is 2. The van der Waals surface area contributed by atoms with Gasteiger partial charge in [-0.25, -0.2) is 4.39 Å². The van der Waals surface area contributed by atoms with E-state index in [-0.39, 0.29) is 29.6 Å². The number of primary amides is 1. The molecule has 0 bridgehead atoms. The van der Waals surface area contributed by atoms with Gasteiger partial charge in [0, 0.05) is 32.7 Å². The van der Waals surface area contributed by atoms with Crippen molar-refractivity contribution in [3.05, 3.63) is 59.4 Å². The molecule has 1 aliphatic heterocycles. The maximum Gasteiger partial charge on any atom is 0.260 e. The Labute approximate surface area is 168 Å². The zero-order chi connectivity index (χ0) is 20.8. The van der Waals surface area contributed by atoms with E-state index < -0.39 is 5.91 Å². The van der Waals surface area contributed by atoms with Crippen molar-refractivity contribution in [1.82, 2.24) is 9.80 Å². The highest BCUT2D eigenvalue weighted by Crippen LogP contribution is 2.20. The summed E-state index contributed by atoms with van der Waals surface area (Å²) in [4.78, 5) is 27.7. The number of piperazine rings is 1. The highest BCUT2D eigenvalue weighted by atomic mass is 19.1. The van der Waals surface area contributed by atoms with Gasteiger partial charge >= 0.3 is 0 Å². The van der Waals surface area contributed by atoms with Gasteiger partial charge in [0.2, 0.25) is 0 Å². The SMILES string of the molecule is COc1ccc(CN2CCN(C(=O)COc3ccccc3C(N)=O)CC2)cc1F. The quantitative estimate of drug-likeness (QED) is 0.763. The van der Waals surface area contributed by atoms with Crippen LogP contribution in [0.5, 0.6) is 11.5 Å². The molecule has 1 fully saturated rings. The molecule has 0 aromatic heterocycles. The molecule has 0 aliphatic carbocycles. The molecule has 2 aromatic carbocycles. The molecule has 0 saturated carbocycles. The minimum Gasteiger partial charge on any atom is -0.494 e. The van der Waals surface area contributed by atoms with E-state index in [9.17, 15) is 14.0 Å². The Bertz CT molecular complexity index is 882. The van der Waals surface area contributed by atoms with Crippen molar-refractivity contribution in [2.75, 3.05) is 39.9 Å². The van der Waals surface area contributed by atoms with Gasteiger partial charge in [-0.1, -0.05) is 18.2 Å². The molecule has 3 rings (SSSR count). The topological polar surface area (TPSA) is 85.1 Å². The molecule has 1 saturated heterocycles. The fourth-order valence-corrected chi connectivity index (χ4v) is 3.25. The van der Waals surface area contributed by atoms with Gasteiger partial charge in [0.15, 0.2) is 18.2 Å².